The minimum absolute atomic E-state index is 0.0721. The molecule has 1 aromatic rings. The summed E-state index contributed by atoms with van der Waals surface area (Å²) in [5.41, 5.74) is 0.794. The number of aromatic amines is 1. The molecule has 0 atom stereocenters. The summed E-state index contributed by atoms with van der Waals surface area (Å²) in [6, 6.07) is 1.59. The number of nitrogens with zero attached hydrogens (tertiary/aromatic N) is 2. The van der Waals surface area contributed by atoms with Crippen molar-refractivity contribution >= 4 is 5.95 Å². The Kier molecular flexibility index (Phi) is 3.78. The predicted octanol–water partition coefficient (Wildman–Crippen LogP) is 0.805. The Bertz CT molecular complexity index is 422. The molecule has 0 unspecified atom stereocenters. The summed E-state index contributed by atoms with van der Waals surface area (Å²) in [5, 5.41) is 0. The second kappa shape index (κ2) is 5.31. The van der Waals surface area contributed by atoms with Gasteiger partial charge in [0.15, 0.2) is 0 Å². The summed E-state index contributed by atoms with van der Waals surface area (Å²) in [6.07, 6.45) is 0.835. The van der Waals surface area contributed by atoms with E-state index in [4.69, 9.17) is 4.74 Å². The maximum Gasteiger partial charge on any atom is 0.252 e. The number of aromatic nitrogens is 2. The fourth-order valence-electron chi connectivity index (χ4n) is 1.94. The lowest BCUT2D eigenvalue weighted by molar-refractivity contribution is 0.122. The molecule has 2 rings (SSSR count). The molecule has 2 heterocycles. The second-order valence-corrected chi connectivity index (χ2v) is 4.76. The maximum absolute atomic E-state index is 11.6. The lowest BCUT2D eigenvalue weighted by atomic mass is 10.1. The van der Waals surface area contributed by atoms with E-state index >= 15 is 0 Å². The van der Waals surface area contributed by atoms with Crippen LogP contribution in [0.3, 0.4) is 0 Å². The monoisotopic (exact) mass is 237 g/mol. The summed E-state index contributed by atoms with van der Waals surface area (Å²) in [5.74, 6) is 1.18. The van der Waals surface area contributed by atoms with Gasteiger partial charge < -0.3 is 9.64 Å². The molecule has 94 valence electrons. The van der Waals surface area contributed by atoms with E-state index in [-0.39, 0.29) is 5.56 Å². The van der Waals surface area contributed by atoms with Crippen LogP contribution in [-0.4, -0.2) is 36.3 Å². The van der Waals surface area contributed by atoms with Crippen LogP contribution in [0.5, 0.6) is 0 Å². The minimum Gasteiger partial charge on any atom is -0.378 e. The maximum atomic E-state index is 11.6. The van der Waals surface area contributed by atoms with Crippen molar-refractivity contribution < 1.29 is 4.74 Å². The van der Waals surface area contributed by atoms with E-state index in [1.54, 1.807) is 6.07 Å². The first-order valence-corrected chi connectivity index (χ1v) is 6.08. The molecule has 5 nitrogen and oxygen atoms in total. The van der Waals surface area contributed by atoms with Gasteiger partial charge in [-0.2, -0.15) is 0 Å². The van der Waals surface area contributed by atoms with E-state index < -0.39 is 0 Å². The van der Waals surface area contributed by atoms with E-state index in [9.17, 15) is 4.79 Å². The number of morpholine rings is 1. The Hall–Kier alpha value is -1.36. The fourth-order valence-corrected chi connectivity index (χ4v) is 1.94. The number of rotatable bonds is 3. The van der Waals surface area contributed by atoms with Crippen LogP contribution in [0, 0.1) is 5.92 Å². The Balaban J connectivity index is 2.21. The normalized spacial score (nSPS) is 16.5. The molecule has 5 heteroatoms. The third-order valence-electron chi connectivity index (χ3n) is 2.71. The molecule has 1 saturated heterocycles. The van der Waals surface area contributed by atoms with E-state index in [0.29, 0.717) is 25.1 Å². The number of ether oxygens (including phenoxy) is 1. The first kappa shape index (κ1) is 12.1. The number of hydrogen-bond acceptors (Lipinski definition) is 4. The van der Waals surface area contributed by atoms with Gasteiger partial charge in [-0.25, -0.2) is 4.98 Å². The molecule has 1 fully saturated rings. The largest absolute Gasteiger partial charge is 0.378 e. The SMILES string of the molecule is CC(C)Cc1cc(=O)[nH]c(N2CCOCC2)n1. The molecule has 0 radical (unpaired) electrons. The Morgan fingerprint density at radius 2 is 2.18 bits per heavy atom. The molecule has 0 aliphatic carbocycles. The first-order chi connectivity index (χ1) is 8.15. The van der Waals surface area contributed by atoms with Crippen molar-refractivity contribution in [3.05, 3.63) is 22.1 Å². The molecule has 0 bridgehead atoms. The summed E-state index contributed by atoms with van der Waals surface area (Å²) in [4.78, 5) is 21.0. The average Bonchev–Trinajstić information content (AvgIpc) is 2.28. The number of H-pyrrole nitrogens is 1. The Morgan fingerprint density at radius 1 is 1.47 bits per heavy atom. The highest BCUT2D eigenvalue weighted by Gasteiger charge is 2.14. The van der Waals surface area contributed by atoms with Gasteiger partial charge in [-0.1, -0.05) is 13.8 Å². The zero-order chi connectivity index (χ0) is 12.3. The first-order valence-electron chi connectivity index (χ1n) is 6.08. The lowest BCUT2D eigenvalue weighted by Crippen LogP contribution is -2.38. The van der Waals surface area contributed by atoms with E-state index in [1.165, 1.54) is 0 Å². The smallest absolute Gasteiger partial charge is 0.252 e. The highest BCUT2D eigenvalue weighted by atomic mass is 16.5. The zero-order valence-corrected chi connectivity index (χ0v) is 10.4. The molecule has 1 aliphatic rings. The van der Waals surface area contributed by atoms with Crippen LogP contribution in [0.1, 0.15) is 19.5 Å². The van der Waals surface area contributed by atoms with Crippen LogP contribution in [0.25, 0.3) is 0 Å². The van der Waals surface area contributed by atoms with Crippen LogP contribution < -0.4 is 10.5 Å². The summed E-state index contributed by atoms with van der Waals surface area (Å²) in [6.45, 7) is 7.20. The molecular formula is C12H19N3O2. The van der Waals surface area contributed by atoms with Crippen LogP contribution in [-0.2, 0) is 11.2 Å². The van der Waals surface area contributed by atoms with E-state index in [0.717, 1.165) is 25.2 Å². The van der Waals surface area contributed by atoms with Gasteiger partial charge in [0.2, 0.25) is 5.95 Å². The van der Waals surface area contributed by atoms with Gasteiger partial charge in [0.05, 0.1) is 18.9 Å². The van der Waals surface area contributed by atoms with Gasteiger partial charge in [0.25, 0.3) is 5.56 Å². The quantitative estimate of drug-likeness (QED) is 0.845. The summed E-state index contributed by atoms with van der Waals surface area (Å²) >= 11 is 0. The summed E-state index contributed by atoms with van der Waals surface area (Å²) < 4.78 is 5.28. The highest BCUT2D eigenvalue weighted by Crippen LogP contribution is 2.10. The Morgan fingerprint density at radius 3 is 2.82 bits per heavy atom. The van der Waals surface area contributed by atoms with E-state index in [1.807, 2.05) is 0 Å². The third kappa shape index (κ3) is 3.30. The van der Waals surface area contributed by atoms with Crippen LogP contribution in [0.4, 0.5) is 5.95 Å². The average molecular weight is 237 g/mol. The summed E-state index contributed by atoms with van der Waals surface area (Å²) in [7, 11) is 0. The van der Waals surface area contributed by atoms with Crippen LogP contribution in [0.2, 0.25) is 0 Å². The number of nitrogens with one attached hydrogen (secondary N) is 1. The van der Waals surface area contributed by atoms with Gasteiger partial charge >= 0.3 is 0 Å². The van der Waals surface area contributed by atoms with Crippen molar-refractivity contribution in [1.82, 2.24) is 9.97 Å². The molecule has 0 saturated carbocycles. The molecule has 1 N–H and O–H groups in total. The van der Waals surface area contributed by atoms with Crippen molar-refractivity contribution in [2.24, 2.45) is 5.92 Å². The van der Waals surface area contributed by atoms with Crippen LogP contribution in [0.15, 0.2) is 10.9 Å². The molecule has 0 amide bonds. The lowest BCUT2D eigenvalue weighted by Gasteiger charge is -2.27. The van der Waals surface area contributed by atoms with Crippen molar-refractivity contribution in [3.8, 4) is 0 Å². The van der Waals surface area contributed by atoms with Crippen molar-refractivity contribution in [1.29, 1.82) is 0 Å². The molecule has 17 heavy (non-hydrogen) atoms. The topological polar surface area (TPSA) is 58.2 Å². The fraction of sp³-hybridized carbons (Fsp3) is 0.667. The predicted molar refractivity (Wildman–Crippen MR) is 66.4 cm³/mol. The van der Waals surface area contributed by atoms with Gasteiger partial charge in [-0.3, -0.25) is 9.78 Å². The van der Waals surface area contributed by atoms with Gasteiger partial charge in [0, 0.05) is 19.2 Å². The van der Waals surface area contributed by atoms with Crippen LogP contribution >= 0.6 is 0 Å². The standard InChI is InChI=1S/C12H19N3O2/c1-9(2)7-10-8-11(16)14-12(13-10)15-3-5-17-6-4-15/h8-9H,3-7H2,1-2H3,(H,13,14,16). The molecule has 1 aromatic heterocycles. The van der Waals surface area contributed by atoms with E-state index in [2.05, 4.69) is 28.7 Å². The second-order valence-electron chi connectivity index (χ2n) is 4.76. The van der Waals surface area contributed by atoms with Gasteiger partial charge in [-0.15, -0.1) is 0 Å². The highest BCUT2D eigenvalue weighted by molar-refractivity contribution is 5.30. The molecule has 0 spiro atoms. The van der Waals surface area contributed by atoms with Crippen molar-refractivity contribution in [2.75, 3.05) is 31.2 Å². The number of hydrogen-bond donors (Lipinski definition) is 1. The van der Waals surface area contributed by atoms with Gasteiger partial charge in [0.1, 0.15) is 0 Å². The third-order valence-corrected chi connectivity index (χ3v) is 2.71. The number of anilines is 1. The zero-order valence-electron chi connectivity index (χ0n) is 10.4. The van der Waals surface area contributed by atoms with Crippen molar-refractivity contribution in [2.45, 2.75) is 20.3 Å². The van der Waals surface area contributed by atoms with Crippen molar-refractivity contribution in [3.63, 3.8) is 0 Å². The molecular weight excluding hydrogens is 218 g/mol. The molecule has 1 aliphatic heterocycles. The Labute approximate surface area is 101 Å². The molecule has 0 aromatic carbocycles. The minimum atomic E-state index is -0.0721. The van der Waals surface area contributed by atoms with Gasteiger partial charge in [-0.05, 0) is 12.3 Å².